The van der Waals surface area contributed by atoms with Gasteiger partial charge in [-0.25, -0.2) is 15.0 Å². The molecular weight excluding hydrogens is 825 g/mol. The normalized spacial score (nSPS) is 12.0. The highest BCUT2D eigenvalue weighted by Gasteiger charge is 2.25. The van der Waals surface area contributed by atoms with Crippen LogP contribution >= 0.6 is 0 Å². The van der Waals surface area contributed by atoms with Gasteiger partial charge in [-0.05, 0) is 112 Å². The number of benzene rings is 9. The summed E-state index contributed by atoms with van der Waals surface area (Å²) in [4.78, 5) is 15.1. The number of hydrogen-bond donors (Lipinski definition) is 0. The highest BCUT2D eigenvalue weighted by Crippen LogP contribution is 2.52. The minimum Gasteiger partial charge on any atom is -0.208 e. The van der Waals surface area contributed by atoms with Gasteiger partial charge in [0.15, 0.2) is 17.5 Å². The topological polar surface area (TPSA) is 62.5 Å². The predicted molar refractivity (Wildman–Crippen MR) is 282 cm³/mol. The monoisotopic (exact) mass is 874 g/mol. The van der Waals surface area contributed by atoms with Gasteiger partial charge in [0.1, 0.15) is 0 Å². The first-order chi connectivity index (χ1) is 32.9. The molecule has 11 rings (SSSR count). The van der Waals surface area contributed by atoms with Gasteiger partial charge in [0.25, 0.3) is 0 Å². The maximum atomic E-state index is 9.51. The number of hydrogen-bond acceptors (Lipinski definition) is 4. The number of fused-ring (bicyclic) bond motifs is 3. The second kappa shape index (κ2) is 16.6. The Morgan fingerprint density at radius 1 is 0.294 bits per heavy atom. The summed E-state index contributed by atoms with van der Waals surface area (Å²) < 4.78 is 0. The van der Waals surface area contributed by atoms with E-state index in [-0.39, 0.29) is 10.8 Å². The van der Waals surface area contributed by atoms with E-state index in [9.17, 15) is 5.26 Å². The van der Waals surface area contributed by atoms with Crippen LogP contribution in [0.3, 0.4) is 0 Å². The Morgan fingerprint density at radius 3 is 0.912 bits per heavy atom. The lowest BCUT2D eigenvalue weighted by atomic mass is 9.86. The van der Waals surface area contributed by atoms with Gasteiger partial charge in [0.05, 0.1) is 11.6 Å². The number of nitrogens with zero attached hydrogens (tertiary/aromatic N) is 4. The van der Waals surface area contributed by atoms with E-state index < -0.39 is 0 Å². The van der Waals surface area contributed by atoms with Gasteiger partial charge in [-0.15, -0.1) is 0 Å². The first-order valence-corrected chi connectivity index (χ1v) is 23.4. The van der Waals surface area contributed by atoms with Crippen molar-refractivity contribution in [1.82, 2.24) is 15.0 Å². The van der Waals surface area contributed by atoms with E-state index in [0.29, 0.717) is 23.0 Å². The van der Waals surface area contributed by atoms with Crippen molar-refractivity contribution in [1.29, 1.82) is 5.26 Å². The fourth-order valence-electron chi connectivity index (χ4n) is 9.61. The number of aromatic nitrogens is 3. The molecule has 1 aliphatic carbocycles. The highest BCUT2D eigenvalue weighted by atomic mass is 15.0. The van der Waals surface area contributed by atoms with Gasteiger partial charge in [0, 0.05) is 16.7 Å². The molecule has 4 nitrogen and oxygen atoms in total. The summed E-state index contributed by atoms with van der Waals surface area (Å²) in [6, 6.07) is 71.5. The Balaban J connectivity index is 0.885. The average molecular weight is 875 g/mol. The largest absolute Gasteiger partial charge is 0.208 e. The lowest BCUT2D eigenvalue weighted by Crippen LogP contribution is -2.10. The van der Waals surface area contributed by atoms with Crippen LogP contribution in [-0.4, -0.2) is 15.0 Å². The molecular formula is C64H50N4. The van der Waals surface area contributed by atoms with Gasteiger partial charge in [-0.2, -0.15) is 5.26 Å². The Bertz CT molecular complexity index is 3460. The molecule has 1 aromatic heterocycles. The maximum Gasteiger partial charge on any atom is 0.164 e. The van der Waals surface area contributed by atoms with Crippen molar-refractivity contribution in [2.24, 2.45) is 0 Å². The van der Waals surface area contributed by atoms with Crippen molar-refractivity contribution >= 4 is 10.8 Å². The van der Waals surface area contributed by atoms with E-state index in [1.54, 1.807) is 0 Å². The summed E-state index contributed by atoms with van der Waals surface area (Å²) in [5.41, 5.74) is 20.4. The lowest BCUT2D eigenvalue weighted by molar-refractivity contribution is 0.590. The third-order valence-corrected chi connectivity index (χ3v) is 13.5. The van der Waals surface area contributed by atoms with Crippen molar-refractivity contribution in [2.45, 2.75) is 52.4 Å². The van der Waals surface area contributed by atoms with E-state index >= 15 is 0 Å². The van der Waals surface area contributed by atoms with Gasteiger partial charge >= 0.3 is 0 Å². The molecule has 0 amide bonds. The van der Waals surface area contributed by atoms with Crippen molar-refractivity contribution in [2.75, 3.05) is 0 Å². The van der Waals surface area contributed by atoms with E-state index in [1.807, 2.05) is 12.1 Å². The zero-order chi connectivity index (χ0) is 46.7. The Labute approximate surface area is 399 Å². The first kappa shape index (κ1) is 42.4. The molecule has 326 valence electrons. The van der Waals surface area contributed by atoms with Crippen molar-refractivity contribution in [3.05, 3.63) is 211 Å². The van der Waals surface area contributed by atoms with Crippen LogP contribution in [0, 0.1) is 11.3 Å². The fourth-order valence-corrected chi connectivity index (χ4v) is 9.61. The zero-order valence-corrected chi connectivity index (χ0v) is 39.3. The summed E-state index contributed by atoms with van der Waals surface area (Å²) in [5, 5.41) is 12.0. The van der Waals surface area contributed by atoms with Gasteiger partial charge in [-0.1, -0.05) is 224 Å². The Kier molecular flexibility index (Phi) is 10.3. The van der Waals surface area contributed by atoms with Crippen LogP contribution in [0.25, 0.3) is 112 Å². The molecule has 10 aromatic rings. The molecule has 0 atom stereocenters. The van der Waals surface area contributed by atoms with E-state index in [4.69, 9.17) is 15.0 Å². The maximum absolute atomic E-state index is 9.51. The van der Waals surface area contributed by atoms with Crippen molar-refractivity contribution in [3.8, 4) is 107 Å². The van der Waals surface area contributed by atoms with E-state index in [2.05, 4.69) is 230 Å². The van der Waals surface area contributed by atoms with Crippen LogP contribution in [0.4, 0.5) is 0 Å². The fraction of sp³-hybridized carbons (Fsp3) is 0.125. The molecule has 0 bridgehead atoms. The van der Waals surface area contributed by atoms with Crippen molar-refractivity contribution < 1.29 is 0 Å². The van der Waals surface area contributed by atoms with Crippen LogP contribution in [-0.2, 0) is 10.8 Å². The van der Waals surface area contributed by atoms with Crippen LogP contribution in [0.2, 0.25) is 0 Å². The second-order valence-electron chi connectivity index (χ2n) is 20.0. The summed E-state index contributed by atoms with van der Waals surface area (Å²) in [6.45, 7) is 13.4. The van der Waals surface area contributed by atoms with E-state index in [0.717, 1.165) is 55.6 Å². The smallest absolute Gasteiger partial charge is 0.164 e. The molecule has 0 radical (unpaired) electrons. The third kappa shape index (κ3) is 7.76. The lowest BCUT2D eigenvalue weighted by Gasteiger charge is -2.19. The minimum absolute atomic E-state index is 0.0475. The van der Waals surface area contributed by atoms with Gasteiger partial charge in [-0.3, -0.25) is 0 Å². The van der Waals surface area contributed by atoms with Gasteiger partial charge < -0.3 is 0 Å². The molecule has 0 N–H and O–H groups in total. The number of rotatable bonds is 7. The molecule has 4 heteroatoms. The second-order valence-corrected chi connectivity index (χ2v) is 20.0. The van der Waals surface area contributed by atoms with Crippen LogP contribution in [0.15, 0.2) is 194 Å². The average Bonchev–Trinajstić information content (AvgIpc) is 3.70. The quantitative estimate of drug-likeness (QED) is 0.160. The molecule has 0 saturated carbocycles. The summed E-state index contributed by atoms with van der Waals surface area (Å²) in [6.07, 6.45) is 0. The Morgan fingerprint density at radius 2 is 0.574 bits per heavy atom. The molecule has 68 heavy (non-hydrogen) atoms. The SMILES string of the molecule is CC(C)(C)c1ccc(-c2nc(-c3ccc(-c4ccc(-c5ccc(-c6ccc7c8c(ccc(-c9ccc(C#N)cc9)c68)-c6ccccc6-7)cc5)cc4)cc3)nc(-c3ccc(C(C)(C)C)cc3)n2)cc1. The van der Waals surface area contributed by atoms with Crippen LogP contribution in [0.5, 0.6) is 0 Å². The third-order valence-electron chi connectivity index (χ3n) is 13.5. The molecule has 0 aliphatic heterocycles. The molecule has 1 heterocycles. The summed E-state index contributed by atoms with van der Waals surface area (Å²) >= 11 is 0. The molecule has 0 spiro atoms. The predicted octanol–water partition coefficient (Wildman–Crippen LogP) is 16.8. The summed E-state index contributed by atoms with van der Waals surface area (Å²) in [7, 11) is 0. The Hall–Kier alpha value is -8.26. The zero-order valence-electron chi connectivity index (χ0n) is 39.3. The van der Waals surface area contributed by atoms with E-state index in [1.165, 1.54) is 49.7 Å². The summed E-state index contributed by atoms with van der Waals surface area (Å²) in [5.74, 6) is 1.95. The highest BCUT2D eigenvalue weighted by molar-refractivity contribution is 6.22. The van der Waals surface area contributed by atoms with Crippen molar-refractivity contribution in [3.63, 3.8) is 0 Å². The van der Waals surface area contributed by atoms with Crippen LogP contribution in [0.1, 0.15) is 58.2 Å². The standard InChI is InChI=1S/C64H50N4/c1-63(2,3)50-31-27-48(28-32-50)61-66-60(67-62(68-61)49-29-33-51(34-30-49)64(4,5)6)47-25-21-44(22-26-47)42-17-15-41(16-18-42)43-19-23-46(24-20-43)53-36-38-57-55-10-8-7-9-54(55)56-37-35-52(58(53)59(56)57)45-13-11-40(39-65)12-14-45/h7-38H,1-6H3. The molecule has 0 unspecified atom stereocenters. The molecule has 9 aromatic carbocycles. The van der Waals surface area contributed by atoms with Crippen LogP contribution < -0.4 is 0 Å². The molecule has 0 fully saturated rings. The minimum atomic E-state index is 0.0475. The van der Waals surface area contributed by atoms with Gasteiger partial charge in [0.2, 0.25) is 0 Å². The molecule has 1 aliphatic rings. The molecule has 0 saturated heterocycles. The number of nitriles is 1. The first-order valence-electron chi connectivity index (χ1n) is 23.4.